The fraction of sp³-hybridized carbons (Fsp3) is 0.316. The van der Waals surface area contributed by atoms with Crippen molar-refractivity contribution in [2.45, 2.75) is 37.3 Å². The predicted octanol–water partition coefficient (Wildman–Crippen LogP) is 3.97. The SMILES string of the molecule is CCCNS(=O)(=O)c1ccc(CCC(=O)Nc2ccccc2C(F)(F)F)cc1. The molecule has 2 aromatic carbocycles. The van der Waals surface area contributed by atoms with Gasteiger partial charge in [0.15, 0.2) is 0 Å². The number of alkyl halides is 3. The molecule has 0 bridgehead atoms. The number of amides is 1. The normalized spacial score (nSPS) is 12.0. The molecule has 2 rings (SSSR count). The minimum Gasteiger partial charge on any atom is -0.325 e. The highest BCUT2D eigenvalue weighted by Gasteiger charge is 2.33. The van der Waals surface area contributed by atoms with Crippen LogP contribution in [0.15, 0.2) is 53.4 Å². The van der Waals surface area contributed by atoms with Crippen molar-refractivity contribution < 1.29 is 26.4 Å². The molecule has 0 unspecified atom stereocenters. The Morgan fingerprint density at radius 1 is 1.04 bits per heavy atom. The largest absolute Gasteiger partial charge is 0.418 e. The molecule has 2 aromatic rings. The molecule has 28 heavy (non-hydrogen) atoms. The van der Waals surface area contributed by atoms with Crippen molar-refractivity contribution in [3.8, 4) is 0 Å². The quantitative estimate of drug-likeness (QED) is 0.687. The Morgan fingerprint density at radius 3 is 2.29 bits per heavy atom. The minimum atomic E-state index is -4.56. The molecule has 0 aliphatic carbocycles. The van der Waals surface area contributed by atoms with E-state index in [0.29, 0.717) is 18.5 Å². The molecule has 0 saturated heterocycles. The van der Waals surface area contributed by atoms with Crippen LogP contribution in [0.5, 0.6) is 0 Å². The number of carbonyl (C=O) groups is 1. The predicted molar refractivity (Wildman–Crippen MR) is 100 cm³/mol. The van der Waals surface area contributed by atoms with Crippen LogP contribution < -0.4 is 10.0 Å². The third kappa shape index (κ3) is 6.07. The van der Waals surface area contributed by atoms with Gasteiger partial charge in [-0.05, 0) is 42.7 Å². The first-order valence-corrected chi connectivity index (χ1v) is 10.2. The van der Waals surface area contributed by atoms with Crippen molar-refractivity contribution >= 4 is 21.6 Å². The maximum atomic E-state index is 13.0. The fourth-order valence-electron chi connectivity index (χ4n) is 2.46. The number of aryl methyl sites for hydroxylation is 1. The van der Waals surface area contributed by atoms with Crippen LogP contribution >= 0.6 is 0 Å². The van der Waals surface area contributed by atoms with Crippen molar-refractivity contribution in [3.63, 3.8) is 0 Å². The zero-order valence-electron chi connectivity index (χ0n) is 15.2. The lowest BCUT2D eigenvalue weighted by atomic mass is 10.1. The zero-order valence-corrected chi connectivity index (χ0v) is 16.0. The number of para-hydroxylation sites is 1. The first kappa shape index (κ1) is 21.9. The molecule has 0 aromatic heterocycles. The molecule has 1 amide bonds. The molecule has 0 spiro atoms. The lowest BCUT2D eigenvalue weighted by Gasteiger charge is -2.13. The summed E-state index contributed by atoms with van der Waals surface area (Å²) in [5.41, 5.74) is -0.491. The molecule has 0 atom stereocenters. The number of nitrogens with one attached hydrogen (secondary N) is 2. The monoisotopic (exact) mass is 414 g/mol. The first-order chi connectivity index (χ1) is 13.1. The molecule has 152 valence electrons. The van der Waals surface area contributed by atoms with Gasteiger partial charge in [0, 0.05) is 13.0 Å². The zero-order chi connectivity index (χ0) is 20.8. The highest BCUT2D eigenvalue weighted by atomic mass is 32.2. The number of carbonyl (C=O) groups excluding carboxylic acids is 1. The summed E-state index contributed by atoms with van der Waals surface area (Å²) in [6, 6.07) is 10.8. The van der Waals surface area contributed by atoms with Gasteiger partial charge in [0.05, 0.1) is 16.1 Å². The standard InChI is InChI=1S/C19H21F3N2O3S/c1-2-13-23-28(26,27)15-10-7-14(8-11-15)9-12-18(25)24-17-6-4-3-5-16(17)19(20,21)22/h3-8,10-11,23H,2,9,12-13H2,1H3,(H,24,25). The van der Waals surface area contributed by atoms with Gasteiger partial charge in [-0.1, -0.05) is 31.2 Å². The summed E-state index contributed by atoms with van der Waals surface area (Å²) in [5.74, 6) is -0.557. The third-order valence-electron chi connectivity index (χ3n) is 3.92. The molecule has 9 heteroatoms. The van der Waals surface area contributed by atoms with Gasteiger partial charge in [0.1, 0.15) is 0 Å². The summed E-state index contributed by atoms with van der Waals surface area (Å²) in [5, 5.41) is 2.28. The van der Waals surface area contributed by atoms with Crippen LogP contribution in [0.3, 0.4) is 0 Å². The summed E-state index contributed by atoms with van der Waals surface area (Å²) in [4.78, 5) is 12.1. The molecular formula is C19H21F3N2O3S. The van der Waals surface area contributed by atoms with Gasteiger partial charge >= 0.3 is 6.18 Å². The van der Waals surface area contributed by atoms with E-state index >= 15 is 0 Å². The number of hydrogen-bond acceptors (Lipinski definition) is 3. The second-order valence-corrected chi connectivity index (χ2v) is 7.90. The van der Waals surface area contributed by atoms with Gasteiger partial charge in [-0.15, -0.1) is 0 Å². The fourth-order valence-corrected chi connectivity index (χ4v) is 3.60. The molecule has 0 heterocycles. The van der Waals surface area contributed by atoms with Crippen LogP contribution in [0.1, 0.15) is 30.9 Å². The van der Waals surface area contributed by atoms with Crippen LogP contribution in [0.2, 0.25) is 0 Å². The number of sulfonamides is 1. The maximum absolute atomic E-state index is 13.0. The second-order valence-electron chi connectivity index (χ2n) is 6.13. The molecule has 0 radical (unpaired) electrons. The van der Waals surface area contributed by atoms with Crippen molar-refractivity contribution in [2.75, 3.05) is 11.9 Å². The van der Waals surface area contributed by atoms with Crippen molar-refractivity contribution in [3.05, 3.63) is 59.7 Å². The van der Waals surface area contributed by atoms with Crippen LogP contribution in [0.25, 0.3) is 0 Å². The number of halogens is 3. The average molecular weight is 414 g/mol. The van der Waals surface area contributed by atoms with Crippen molar-refractivity contribution in [1.29, 1.82) is 0 Å². The van der Waals surface area contributed by atoms with E-state index in [0.717, 1.165) is 6.07 Å². The van der Waals surface area contributed by atoms with Gasteiger partial charge in [-0.2, -0.15) is 13.2 Å². The van der Waals surface area contributed by atoms with E-state index in [1.807, 2.05) is 6.92 Å². The Kier molecular flexibility index (Phi) is 7.20. The summed E-state index contributed by atoms with van der Waals surface area (Å²) in [6.07, 6.45) is -3.66. The molecular weight excluding hydrogens is 393 g/mol. The maximum Gasteiger partial charge on any atom is 0.418 e. The van der Waals surface area contributed by atoms with Crippen LogP contribution in [-0.4, -0.2) is 20.9 Å². The molecule has 0 fully saturated rings. The van der Waals surface area contributed by atoms with E-state index in [2.05, 4.69) is 10.0 Å². The van der Waals surface area contributed by atoms with Gasteiger partial charge < -0.3 is 5.32 Å². The molecule has 2 N–H and O–H groups in total. The van der Waals surface area contributed by atoms with Gasteiger partial charge in [-0.25, -0.2) is 13.1 Å². The molecule has 5 nitrogen and oxygen atoms in total. The summed E-state index contributed by atoms with van der Waals surface area (Å²) in [6.45, 7) is 2.19. The Labute approximate surface area is 162 Å². The summed E-state index contributed by atoms with van der Waals surface area (Å²) < 4.78 is 65.4. The number of anilines is 1. The third-order valence-corrected chi connectivity index (χ3v) is 5.40. The van der Waals surface area contributed by atoms with E-state index in [9.17, 15) is 26.4 Å². The lowest BCUT2D eigenvalue weighted by molar-refractivity contribution is -0.137. The van der Waals surface area contributed by atoms with Gasteiger partial charge in [-0.3, -0.25) is 4.79 Å². The molecule has 0 aliphatic rings. The number of rotatable bonds is 8. The highest BCUT2D eigenvalue weighted by Crippen LogP contribution is 2.34. The Balaban J connectivity index is 1.97. The van der Waals surface area contributed by atoms with Gasteiger partial charge in [0.2, 0.25) is 15.9 Å². The average Bonchev–Trinajstić information content (AvgIpc) is 2.65. The molecule has 0 aliphatic heterocycles. The van der Waals surface area contributed by atoms with Crippen LogP contribution in [-0.2, 0) is 27.4 Å². The van der Waals surface area contributed by atoms with E-state index in [-0.39, 0.29) is 23.4 Å². The topological polar surface area (TPSA) is 75.3 Å². The van der Waals surface area contributed by atoms with E-state index in [4.69, 9.17) is 0 Å². The minimum absolute atomic E-state index is 0.0353. The van der Waals surface area contributed by atoms with Crippen molar-refractivity contribution in [1.82, 2.24) is 4.72 Å². The summed E-state index contributed by atoms with van der Waals surface area (Å²) in [7, 11) is -3.57. The second kappa shape index (κ2) is 9.20. The lowest BCUT2D eigenvalue weighted by Crippen LogP contribution is -2.24. The summed E-state index contributed by atoms with van der Waals surface area (Å²) >= 11 is 0. The van der Waals surface area contributed by atoms with Crippen LogP contribution in [0.4, 0.5) is 18.9 Å². The Hall–Kier alpha value is -2.39. The first-order valence-electron chi connectivity index (χ1n) is 8.68. The van der Waals surface area contributed by atoms with Crippen LogP contribution in [0, 0.1) is 0 Å². The Bertz CT molecular complexity index is 911. The molecule has 0 saturated carbocycles. The Morgan fingerprint density at radius 2 is 1.68 bits per heavy atom. The van der Waals surface area contributed by atoms with Gasteiger partial charge in [0.25, 0.3) is 0 Å². The van der Waals surface area contributed by atoms with Crippen molar-refractivity contribution in [2.24, 2.45) is 0 Å². The number of benzene rings is 2. The smallest absolute Gasteiger partial charge is 0.325 e. The van der Waals surface area contributed by atoms with E-state index in [1.165, 1.54) is 30.3 Å². The van der Waals surface area contributed by atoms with E-state index in [1.54, 1.807) is 12.1 Å². The highest BCUT2D eigenvalue weighted by molar-refractivity contribution is 7.89. The van der Waals surface area contributed by atoms with E-state index < -0.39 is 27.7 Å². The number of hydrogen-bond donors (Lipinski definition) is 2.